The SMILES string of the molecule is C1=C2NCc3ccccc3C2=CNC1. The third-order valence-electron chi connectivity index (χ3n) is 2.74. The topological polar surface area (TPSA) is 24.1 Å². The fraction of sp³-hybridized carbons (Fsp3) is 0.167. The van der Waals surface area contributed by atoms with Crippen molar-refractivity contribution in [2.75, 3.05) is 6.54 Å². The molecular formula is C12H12N2. The number of dihydropyridines is 1. The molecule has 2 N–H and O–H groups in total. The minimum atomic E-state index is 0.925. The molecule has 0 aromatic heterocycles. The first kappa shape index (κ1) is 7.68. The monoisotopic (exact) mass is 184 g/mol. The second kappa shape index (κ2) is 2.91. The number of hydrogen-bond donors (Lipinski definition) is 2. The van der Waals surface area contributed by atoms with E-state index in [1.54, 1.807) is 0 Å². The van der Waals surface area contributed by atoms with Crippen molar-refractivity contribution in [2.45, 2.75) is 6.54 Å². The summed E-state index contributed by atoms with van der Waals surface area (Å²) in [7, 11) is 0. The van der Waals surface area contributed by atoms with Gasteiger partial charge in [0.2, 0.25) is 0 Å². The van der Waals surface area contributed by atoms with E-state index in [-0.39, 0.29) is 0 Å². The lowest BCUT2D eigenvalue weighted by atomic mass is 9.93. The normalized spacial score (nSPS) is 18.0. The molecular weight excluding hydrogens is 172 g/mol. The summed E-state index contributed by atoms with van der Waals surface area (Å²) in [6.45, 7) is 1.87. The molecule has 14 heavy (non-hydrogen) atoms. The van der Waals surface area contributed by atoms with Crippen molar-refractivity contribution in [3.8, 4) is 0 Å². The molecule has 0 radical (unpaired) electrons. The van der Waals surface area contributed by atoms with Gasteiger partial charge in [-0.15, -0.1) is 0 Å². The lowest BCUT2D eigenvalue weighted by Gasteiger charge is -2.26. The van der Waals surface area contributed by atoms with Gasteiger partial charge in [-0.3, -0.25) is 0 Å². The first-order chi connectivity index (χ1) is 6.95. The Hall–Kier alpha value is -1.70. The van der Waals surface area contributed by atoms with E-state index in [9.17, 15) is 0 Å². The molecule has 0 aliphatic carbocycles. The predicted molar refractivity (Wildman–Crippen MR) is 57.3 cm³/mol. The smallest absolute Gasteiger partial charge is 0.0414 e. The van der Waals surface area contributed by atoms with Crippen molar-refractivity contribution in [1.82, 2.24) is 10.6 Å². The highest BCUT2D eigenvalue weighted by Crippen LogP contribution is 2.29. The van der Waals surface area contributed by atoms with Gasteiger partial charge in [0.05, 0.1) is 0 Å². The molecule has 70 valence electrons. The molecule has 0 saturated carbocycles. The second-order valence-electron chi connectivity index (χ2n) is 3.59. The molecule has 2 heteroatoms. The third kappa shape index (κ3) is 1.04. The highest BCUT2D eigenvalue weighted by atomic mass is 14.9. The van der Waals surface area contributed by atoms with Crippen LogP contribution in [0.25, 0.3) is 5.57 Å². The van der Waals surface area contributed by atoms with Gasteiger partial charge >= 0.3 is 0 Å². The van der Waals surface area contributed by atoms with Crippen molar-refractivity contribution in [1.29, 1.82) is 0 Å². The van der Waals surface area contributed by atoms with Crippen molar-refractivity contribution in [2.24, 2.45) is 0 Å². The Morgan fingerprint density at radius 3 is 3.07 bits per heavy atom. The number of nitrogens with one attached hydrogen (secondary N) is 2. The van der Waals surface area contributed by atoms with Gasteiger partial charge in [-0.1, -0.05) is 24.3 Å². The van der Waals surface area contributed by atoms with E-state index in [0.29, 0.717) is 0 Å². The van der Waals surface area contributed by atoms with E-state index in [4.69, 9.17) is 0 Å². The van der Waals surface area contributed by atoms with Gasteiger partial charge in [0.15, 0.2) is 0 Å². The van der Waals surface area contributed by atoms with Crippen LogP contribution in [0.4, 0.5) is 0 Å². The highest BCUT2D eigenvalue weighted by molar-refractivity contribution is 5.82. The Bertz CT molecular complexity index is 430. The maximum atomic E-state index is 3.43. The molecule has 0 saturated heterocycles. The van der Waals surface area contributed by atoms with E-state index in [1.807, 2.05) is 0 Å². The van der Waals surface area contributed by atoms with Crippen LogP contribution in [0.3, 0.4) is 0 Å². The molecule has 1 aromatic carbocycles. The summed E-state index contributed by atoms with van der Waals surface area (Å²) < 4.78 is 0. The van der Waals surface area contributed by atoms with E-state index in [2.05, 4.69) is 47.2 Å². The lowest BCUT2D eigenvalue weighted by molar-refractivity contribution is 0.791. The molecule has 2 heterocycles. The van der Waals surface area contributed by atoms with Crippen LogP contribution in [0.15, 0.2) is 42.2 Å². The molecule has 0 spiro atoms. The number of rotatable bonds is 0. The van der Waals surface area contributed by atoms with E-state index >= 15 is 0 Å². The van der Waals surface area contributed by atoms with Gasteiger partial charge in [0.1, 0.15) is 0 Å². The molecule has 0 bridgehead atoms. The van der Waals surface area contributed by atoms with Crippen molar-refractivity contribution in [3.05, 3.63) is 53.4 Å². The Labute approximate surface area is 83.3 Å². The Balaban J connectivity index is 2.17. The fourth-order valence-corrected chi connectivity index (χ4v) is 2.03. The fourth-order valence-electron chi connectivity index (χ4n) is 2.03. The average Bonchev–Trinajstić information content (AvgIpc) is 2.29. The van der Waals surface area contributed by atoms with Crippen LogP contribution in [0.2, 0.25) is 0 Å². The molecule has 3 rings (SSSR count). The molecule has 2 nitrogen and oxygen atoms in total. The Kier molecular flexibility index (Phi) is 1.60. The standard InChI is InChI=1S/C12H12N2/c1-2-4-10-9(3-1)7-14-12-5-6-13-8-11(10)12/h1-5,8,13-14H,6-7H2. The largest absolute Gasteiger partial charge is 0.387 e. The van der Waals surface area contributed by atoms with Crippen molar-refractivity contribution < 1.29 is 0 Å². The van der Waals surface area contributed by atoms with Crippen molar-refractivity contribution in [3.63, 3.8) is 0 Å². The number of benzene rings is 1. The zero-order chi connectivity index (χ0) is 9.38. The molecule has 0 fully saturated rings. The van der Waals surface area contributed by atoms with E-state index in [1.165, 1.54) is 22.4 Å². The molecule has 0 atom stereocenters. The summed E-state index contributed by atoms with van der Waals surface area (Å²) in [5, 5.41) is 6.68. The van der Waals surface area contributed by atoms with Gasteiger partial charge in [0, 0.05) is 30.6 Å². The first-order valence-electron chi connectivity index (χ1n) is 4.91. The van der Waals surface area contributed by atoms with Crippen LogP contribution >= 0.6 is 0 Å². The summed E-state index contributed by atoms with van der Waals surface area (Å²) in [6.07, 6.45) is 4.30. The summed E-state index contributed by atoms with van der Waals surface area (Å²) in [6, 6.07) is 8.54. The lowest BCUT2D eigenvalue weighted by Crippen LogP contribution is -2.26. The number of allylic oxidation sites excluding steroid dienone is 1. The molecule has 0 amide bonds. The second-order valence-corrected chi connectivity index (χ2v) is 3.59. The van der Waals surface area contributed by atoms with Crippen LogP contribution < -0.4 is 10.6 Å². The van der Waals surface area contributed by atoms with Crippen LogP contribution in [0.5, 0.6) is 0 Å². The molecule has 1 aromatic rings. The van der Waals surface area contributed by atoms with Gasteiger partial charge in [-0.2, -0.15) is 0 Å². The number of hydrogen-bond acceptors (Lipinski definition) is 2. The summed E-state index contributed by atoms with van der Waals surface area (Å²) >= 11 is 0. The van der Waals surface area contributed by atoms with Crippen LogP contribution in [0, 0.1) is 0 Å². The third-order valence-corrected chi connectivity index (χ3v) is 2.74. The van der Waals surface area contributed by atoms with Gasteiger partial charge in [-0.25, -0.2) is 0 Å². The van der Waals surface area contributed by atoms with Gasteiger partial charge in [-0.05, 0) is 17.2 Å². The Morgan fingerprint density at radius 1 is 1.14 bits per heavy atom. The highest BCUT2D eigenvalue weighted by Gasteiger charge is 2.18. The summed E-state index contributed by atoms with van der Waals surface area (Å²) in [4.78, 5) is 0. The first-order valence-corrected chi connectivity index (χ1v) is 4.91. The number of fused-ring (bicyclic) bond motifs is 3. The Morgan fingerprint density at radius 2 is 2.07 bits per heavy atom. The van der Waals surface area contributed by atoms with Crippen LogP contribution in [-0.4, -0.2) is 6.54 Å². The zero-order valence-corrected chi connectivity index (χ0v) is 7.88. The predicted octanol–water partition coefficient (Wildman–Crippen LogP) is 1.62. The van der Waals surface area contributed by atoms with Crippen LogP contribution in [-0.2, 0) is 6.54 Å². The summed E-state index contributed by atoms with van der Waals surface area (Å²) in [5.74, 6) is 0. The maximum Gasteiger partial charge on any atom is 0.0414 e. The summed E-state index contributed by atoms with van der Waals surface area (Å²) in [5.41, 5.74) is 5.28. The minimum absolute atomic E-state index is 0.925. The quantitative estimate of drug-likeness (QED) is 0.640. The molecule has 2 aliphatic heterocycles. The van der Waals surface area contributed by atoms with E-state index in [0.717, 1.165) is 13.1 Å². The van der Waals surface area contributed by atoms with Gasteiger partial charge < -0.3 is 10.6 Å². The molecule has 2 aliphatic rings. The molecule has 0 unspecified atom stereocenters. The average molecular weight is 184 g/mol. The zero-order valence-electron chi connectivity index (χ0n) is 7.88. The van der Waals surface area contributed by atoms with Crippen molar-refractivity contribution >= 4 is 5.57 Å². The van der Waals surface area contributed by atoms with E-state index < -0.39 is 0 Å². The maximum absolute atomic E-state index is 3.43. The minimum Gasteiger partial charge on any atom is -0.387 e. The van der Waals surface area contributed by atoms with Crippen LogP contribution in [0.1, 0.15) is 11.1 Å². The van der Waals surface area contributed by atoms with Gasteiger partial charge in [0.25, 0.3) is 0 Å².